The van der Waals surface area contributed by atoms with Crippen LogP contribution >= 0.6 is 0 Å². The normalized spacial score (nSPS) is 12.4. The number of hydrogen-bond acceptors (Lipinski definition) is 1. The van der Waals surface area contributed by atoms with Crippen molar-refractivity contribution < 1.29 is 17.9 Å². The van der Waals surface area contributed by atoms with E-state index in [2.05, 4.69) is 26.8 Å². The van der Waals surface area contributed by atoms with E-state index in [1.165, 1.54) is 23.3 Å². The number of halogens is 3. The maximum Gasteiger partial charge on any atom is 0.416 e. The predicted octanol–water partition coefficient (Wildman–Crippen LogP) is 5.91. The van der Waals surface area contributed by atoms with E-state index < -0.39 is 11.7 Å². The SMILES string of the molecule is CC(C)=CCC/C(C)=C/COCc1ccc(C(F)(F)F)cc1. The summed E-state index contributed by atoms with van der Waals surface area (Å²) in [6.07, 6.45) is 1.94. The minimum atomic E-state index is -4.29. The first-order chi connectivity index (χ1) is 10.3. The Balaban J connectivity index is 2.34. The highest BCUT2D eigenvalue weighted by molar-refractivity contribution is 5.24. The lowest BCUT2D eigenvalue weighted by Crippen LogP contribution is -2.04. The van der Waals surface area contributed by atoms with Gasteiger partial charge in [0.2, 0.25) is 0 Å². The van der Waals surface area contributed by atoms with Crippen molar-refractivity contribution in [1.29, 1.82) is 0 Å². The first-order valence-electron chi connectivity index (χ1n) is 7.32. The van der Waals surface area contributed by atoms with Crippen LogP contribution in [0.3, 0.4) is 0 Å². The molecule has 122 valence electrons. The van der Waals surface area contributed by atoms with Crippen molar-refractivity contribution in [2.24, 2.45) is 0 Å². The Hall–Kier alpha value is -1.55. The van der Waals surface area contributed by atoms with Gasteiger partial charge in [0.15, 0.2) is 0 Å². The molecular weight excluding hydrogens is 289 g/mol. The molecule has 0 amide bonds. The van der Waals surface area contributed by atoms with Gasteiger partial charge in [-0.2, -0.15) is 13.2 Å². The molecule has 0 bridgehead atoms. The van der Waals surface area contributed by atoms with E-state index in [0.717, 1.165) is 30.5 Å². The van der Waals surface area contributed by atoms with Crippen LogP contribution < -0.4 is 0 Å². The molecule has 0 atom stereocenters. The van der Waals surface area contributed by atoms with Gasteiger partial charge < -0.3 is 4.74 Å². The molecule has 0 unspecified atom stereocenters. The molecule has 0 aliphatic carbocycles. The van der Waals surface area contributed by atoms with Gasteiger partial charge >= 0.3 is 6.18 Å². The molecule has 0 spiro atoms. The van der Waals surface area contributed by atoms with Gasteiger partial charge in [0, 0.05) is 0 Å². The summed E-state index contributed by atoms with van der Waals surface area (Å²) in [6, 6.07) is 5.07. The summed E-state index contributed by atoms with van der Waals surface area (Å²) in [5.74, 6) is 0. The van der Waals surface area contributed by atoms with Crippen LogP contribution in [0, 0.1) is 0 Å². The molecule has 0 aromatic heterocycles. The molecule has 0 fully saturated rings. The molecular formula is C18H23F3O. The summed E-state index contributed by atoms with van der Waals surface area (Å²) in [5, 5.41) is 0. The summed E-state index contributed by atoms with van der Waals surface area (Å²) in [4.78, 5) is 0. The average Bonchev–Trinajstić information content (AvgIpc) is 2.43. The maximum atomic E-state index is 12.4. The fourth-order valence-corrected chi connectivity index (χ4v) is 1.86. The Kier molecular flexibility index (Phi) is 7.39. The molecule has 1 rings (SSSR count). The van der Waals surface area contributed by atoms with E-state index in [4.69, 9.17) is 4.74 Å². The second-order valence-corrected chi connectivity index (χ2v) is 5.58. The molecule has 0 aliphatic heterocycles. The van der Waals surface area contributed by atoms with Gasteiger partial charge in [0.25, 0.3) is 0 Å². The van der Waals surface area contributed by atoms with Crippen LogP contribution in [0.1, 0.15) is 44.7 Å². The van der Waals surface area contributed by atoms with Gasteiger partial charge in [-0.25, -0.2) is 0 Å². The van der Waals surface area contributed by atoms with Crippen LogP contribution in [0.25, 0.3) is 0 Å². The Labute approximate surface area is 130 Å². The van der Waals surface area contributed by atoms with Gasteiger partial charge in [-0.1, -0.05) is 35.4 Å². The summed E-state index contributed by atoms with van der Waals surface area (Å²) in [6.45, 7) is 7.00. The maximum absolute atomic E-state index is 12.4. The molecule has 1 nitrogen and oxygen atoms in total. The van der Waals surface area contributed by atoms with E-state index in [1.54, 1.807) is 0 Å². The minimum absolute atomic E-state index is 0.315. The zero-order valence-electron chi connectivity index (χ0n) is 13.3. The number of benzene rings is 1. The zero-order chi connectivity index (χ0) is 16.6. The number of alkyl halides is 3. The summed E-state index contributed by atoms with van der Waals surface area (Å²) in [7, 11) is 0. The van der Waals surface area contributed by atoms with Crippen molar-refractivity contribution in [2.45, 2.75) is 46.4 Å². The third-order valence-electron chi connectivity index (χ3n) is 3.19. The van der Waals surface area contributed by atoms with E-state index in [-0.39, 0.29) is 0 Å². The van der Waals surface area contributed by atoms with Gasteiger partial charge in [-0.05, 0) is 51.3 Å². The third kappa shape index (κ3) is 7.46. The molecule has 0 saturated carbocycles. The third-order valence-corrected chi connectivity index (χ3v) is 3.19. The van der Waals surface area contributed by atoms with Crippen molar-refractivity contribution in [1.82, 2.24) is 0 Å². The fourth-order valence-electron chi connectivity index (χ4n) is 1.86. The lowest BCUT2D eigenvalue weighted by Gasteiger charge is -2.07. The predicted molar refractivity (Wildman–Crippen MR) is 83.5 cm³/mol. The van der Waals surface area contributed by atoms with E-state index >= 15 is 0 Å². The second-order valence-electron chi connectivity index (χ2n) is 5.58. The molecule has 4 heteroatoms. The Morgan fingerprint density at radius 2 is 1.68 bits per heavy atom. The van der Waals surface area contributed by atoms with Crippen molar-refractivity contribution >= 4 is 0 Å². The number of hydrogen-bond donors (Lipinski definition) is 0. The smallest absolute Gasteiger partial charge is 0.373 e. The van der Waals surface area contributed by atoms with Crippen molar-refractivity contribution in [3.63, 3.8) is 0 Å². The largest absolute Gasteiger partial charge is 0.416 e. The standard InChI is InChI=1S/C18H23F3O/c1-14(2)5-4-6-15(3)11-12-22-13-16-7-9-17(10-8-16)18(19,20)21/h5,7-11H,4,6,12-13H2,1-3H3/b15-11+. The van der Waals surface area contributed by atoms with Gasteiger partial charge in [0.05, 0.1) is 18.8 Å². The molecule has 0 N–H and O–H groups in total. The molecule has 0 aliphatic rings. The molecule has 1 aromatic carbocycles. The fraction of sp³-hybridized carbons (Fsp3) is 0.444. The van der Waals surface area contributed by atoms with Crippen LogP contribution in [-0.4, -0.2) is 6.61 Å². The molecule has 0 saturated heterocycles. The van der Waals surface area contributed by atoms with Crippen LogP contribution in [0.5, 0.6) is 0 Å². The van der Waals surface area contributed by atoms with Crippen molar-refractivity contribution in [2.75, 3.05) is 6.61 Å². The van der Waals surface area contributed by atoms with Crippen molar-refractivity contribution in [3.05, 3.63) is 58.7 Å². The second kappa shape index (κ2) is 8.79. The van der Waals surface area contributed by atoms with E-state index in [9.17, 15) is 13.2 Å². The highest BCUT2D eigenvalue weighted by Crippen LogP contribution is 2.29. The van der Waals surface area contributed by atoms with Gasteiger partial charge in [-0.15, -0.1) is 0 Å². The monoisotopic (exact) mass is 312 g/mol. The topological polar surface area (TPSA) is 9.23 Å². The van der Waals surface area contributed by atoms with Crippen LogP contribution in [-0.2, 0) is 17.5 Å². The average molecular weight is 312 g/mol. The Morgan fingerprint density at radius 1 is 1.05 bits per heavy atom. The quantitative estimate of drug-likeness (QED) is 0.449. The molecule has 0 radical (unpaired) electrons. The summed E-state index contributed by atoms with van der Waals surface area (Å²) in [5.41, 5.74) is 2.67. The summed E-state index contributed by atoms with van der Waals surface area (Å²) < 4.78 is 42.7. The first kappa shape index (κ1) is 18.5. The lowest BCUT2D eigenvalue weighted by atomic mass is 10.1. The van der Waals surface area contributed by atoms with Gasteiger partial charge in [-0.3, -0.25) is 0 Å². The zero-order valence-corrected chi connectivity index (χ0v) is 13.3. The van der Waals surface area contributed by atoms with Crippen LogP contribution in [0.2, 0.25) is 0 Å². The van der Waals surface area contributed by atoms with Crippen LogP contribution in [0.15, 0.2) is 47.6 Å². The molecule has 1 aromatic rings. The number of allylic oxidation sites excluding steroid dienone is 3. The molecule has 22 heavy (non-hydrogen) atoms. The Morgan fingerprint density at radius 3 is 2.23 bits per heavy atom. The summed E-state index contributed by atoms with van der Waals surface area (Å²) >= 11 is 0. The number of rotatable bonds is 7. The highest BCUT2D eigenvalue weighted by atomic mass is 19.4. The number of ether oxygens (including phenoxy) is 1. The first-order valence-corrected chi connectivity index (χ1v) is 7.32. The minimum Gasteiger partial charge on any atom is -0.373 e. The molecule has 0 heterocycles. The Bertz CT molecular complexity index is 506. The van der Waals surface area contributed by atoms with E-state index in [0.29, 0.717) is 13.2 Å². The van der Waals surface area contributed by atoms with Crippen molar-refractivity contribution in [3.8, 4) is 0 Å². The van der Waals surface area contributed by atoms with Crippen LogP contribution in [0.4, 0.5) is 13.2 Å². The lowest BCUT2D eigenvalue weighted by molar-refractivity contribution is -0.137. The van der Waals surface area contributed by atoms with Gasteiger partial charge in [0.1, 0.15) is 0 Å². The highest BCUT2D eigenvalue weighted by Gasteiger charge is 2.29. The van der Waals surface area contributed by atoms with E-state index in [1.807, 2.05) is 6.08 Å².